The van der Waals surface area contributed by atoms with Crippen LogP contribution in [0.25, 0.3) is 16.5 Å². The Hall–Kier alpha value is -4.98. The number of fused-ring (bicyclic) bond motifs is 1. The lowest BCUT2D eigenvalue weighted by Gasteiger charge is -2.22. The van der Waals surface area contributed by atoms with Crippen molar-refractivity contribution in [3.63, 3.8) is 0 Å². The molecule has 2 amide bonds. The first-order chi connectivity index (χ1) is 17.6. The van der Waals surface area contributed by atoms with E-state index in [9.17, 15) is 14.4 Å². The first-order valence-electron chi connectivity index (χ1n) is 11.3. The van der Waals surface area contributed by atoms with Crippen LogP contribution in [0.1, 0.15) is 16.2 Å². The molecule has 0 saturated carbocycles. The number of para-hydroxylation sites is 2. The number of benzene rings is 3. The van der Waals surface area contributed by atoms with Gasteiger partial charge in [-0.15, -0.1) is 0 Å². The molecule has 0 bridgehead atoms. The highest BCUT2D eigenvalue weighted by Crippen LogP contribution is 2.19. The second kappa shape index (κ2) is 10.1. The van der Waals surface area contributed by atoms with Crippen LogP contribution in [0.5, 0.6) is 0 Å². The molecule has 5 aromatic rings. The number of amides is 2. The molecule has 0 fully saturated rings. The van der Waals surface area contributed by atoms with Crippen molar-refractivity contribution >= 4 is 28.3 Å². The lowest BCUT2D eigenvalue weighted by atomic mass is 10.1. The van der Waals surface area contributed by atoms with E-state index in [0.717, 1.165) is 0 Å². The Morgan fingerprint density at radius 3 is 2.19 bits per heavy atom. The fourth-order valence-electron chi connectivity index (χ4n) is 3.93. The van der Waals surface area contributed by atoms with Crippen LogP contribution in [0, 0.1) is 0 Å². The molecule has 0 spiro atoms. The Balaban J connectivity index is 1.56. The number of rotatable bonds is 7. The van der Waals surface area contributed by atoms with Crippen LogP contribution >= 0.6 is 0 Å². The average molecular weight is 479 g/mol. The zero-order chi connectivity index (χ0) is 24.9. The summed E-state index contributed by atoms with van der Waals surface area (Å²) in [5.41, 5.74) is 0.872. The third kappa shape index (κ3) is 4.78. The highest BCUT2D eigenvalue weighted by molar-refractivity contribution is 6.06. The van der Waals surface area contributed by atoms with Crippen LogP contribution in [0.3, 0.4) is 0 Å². The highest BCUT2D eigenvalue weighted by atomic mass is 16.3. The monoisotopic (exact) mass is 478 g/mol. The Labute approximate surface area is 206 Å². The fraction of sp³-hybridized carbons (Fsp3) is 0.0714. The molecule has 0 unspecified atom stereocenters. The van der Waals surface area contributed by atoms with Crippen molar-refractivity contribution in [2.24, 2.45) is 0 Å². The molecule has 0 aliphatic heterocycles. The van der Waals surface area contributed by atoms with Gasteiger partial charge in [0.05, 0.1) is 23.9 Å². The summed E-state index contributed by atoms with van der Waals surface area (Å²) >= 11 is 0. The van der Waals surface area contributed by atoms with E-state index in [-0.39, 0.29) is 30.2 Å². The molecular formula is C28H22N4O4. The largest absolute Gasteiger partial charge is 0.467 e. The summed E-state index contributed by atoms with van der Waals surface area (Å²) in [5, 5.41) is 8.03. The van der Waals surface area contributed by atoms with Crippen molar-refractivity contribution < 1.29 is 14.0 Å². The van der Waals surface area contributed by atoms with Crippen LogP contribution in [0.15, 0.2) is 113 Å². The molecule has 8 heteroatoms. The van der Waals surface area contributed by atoms with E-state index >= 15 is 0 Å². The predicted molar refractivity (Wildman–Crippen MR) is 136 cm³/mol. The van der Waals surface area contributed by atoms with Gasteiger partial charge in [0.15, 0.2) is 5.69 Å². The van der Waals surface area contributed by atoms with Crippen molar-refractivity contribution in [3.8, 4) is 5.69 Å². The lowest BCUT2D eigenvalue weighted by molar-refractivity contribution is -0.117. The van der Waals surface area contributed by atoms with Gasteiger partial charge in [-0.05, 0) is 42.5 Å². The minimum atomic E-state index is -0.504. The Kier molecular flexibility index (Phi) is 6.40. The molecular weight excluding hydrogens is 456 g/mol. The summed E-state index contributed by atoms with van der Waals surface area (Å²) in [6.07, 6.45) is 1.51. The third-order valence-corrected chi connectivity index (χ3v) is 5.61. The second-order valence-corrected chi connectivity index (χ2v) is 8.10. The molecule has 0 atom stereocenters. The van der Waals surface area contributed by atoms with Crippen molar-refractivity contribution in [1.29, 1.82) is 0 Å². The van der Waals surface area contributed by atoms with E-state index in [4.69, 9.17) is 4.42 Å². The number of nitrogens with zero attached hydrogens (tertiary/aromatic N) is 3. The number of carbonyl (C=O) groups excluding carboxylic acids is 2. The molecule has 5 rings (SSSR count). The summed E-state index contributed by atoms with van der Waals surface area (Å²) in [7, 11) is 0. The Morgan fingerprint density at radius 1 is 0.833 bits per heavy atom. The van der Waals surface area contributed by atoms with Gasteiger partial charge in [-0.2, -0.15) is 9.78 Å². The van der Waals surface area contributed by atoms with E-state index < -0.39 is 5.91 Å². The SMILES string of the molecule is O=C(CN(Cc1ccco1)C(=O)c1nn(-c2ccccc2)c(=O)c2ccccc12)Nc1ccccc1. The molecule has 0 aliphatic carbocycles. The second-order valence-electron chi connectivity index (χ2n) is 8.10. The van der Waals surface area contributed by atoms with Gasteiger partial charge in [0.2, 0.25) is 5.91 Å². The smallest absolute Gasteiger partial charge is 0.279 e. The van der Waals surface area contributed by atoms with Crippen LogP contribution in [0.2, 0.25) is 0 Å². The Morgan fingerprint density at radius 2 is 1.50 bits per heavy atom. The highest BCUT2D eigenvalue weighted by Gasteiger charge is 2.25. The van der Waals surface area contributed by atoms with Gasteiger partial charge >= 0.3 is 0 Å². The number of nitrogens with one attached hydrogen (secondary N) is 1. The summed E-state index contributed by atoms with van der Waals surface area (Å²) in [4.78, 5) is 41.3. The van der Waals surface area contributed by atoms with Crippen LogP contribution in [-0.2, 0) is 11.3 Å². The zero-order valence-electron chi connectivity index (χ0n) is 19.2. The average Bonchev–Trinajstić information content (AvgIpc) is 3.43. The van der Waals surface area contributed by atoms with Crippen LogP contribution < -0.4 is 10.9 Å². The van der Waals surface area contributed by atoms with Crippen molar-refractivity contribution in [1.82, 2.24) is 14.7 Å². The van der Waals surface area contributed by atoms with Gasteiger partial charge in [0.1, 0.15) is 12.3 Å². The molecule has 0 saturated heterocycles. The number of hydrogen-bond acceptors (Lipinski definition) is 5. The number of aromatic nitrogens is 2. The molecule has 2 aromatic heterocycles. The zero-order valence-corrected chi connectivity index (χ0v) is 19.2. The summed E-state index contributed by atoms with van der Waals surface area (Å²) in [5.74, 6) is -0.367. The van der Waals surface area contributed by atoms with E-state index in [1.54, 1.807) is 72.8 Å². The third-order valence-electron chi connectivity index (χ3n) is 5.61. The molecule has 36 heavy (non-hydrogen) atoms. The summed E-state index contributed by atoms with van der Waals surface area (Å²) in [6.45, 7) is -0.191. The van der Waals surface area contributed by atoms with Gasteiger partial charge in [-0.3, -0.25) is 14.4 Å². The molecule has 2 heterocycles. The van der Waals surface area contributed by atoms with E-state index in [0.29, 0.717) is 27.9 Å². The van der Waals surface area contributed by atoms with Gasteiger partial charge in [0.25, 0.3) is 11.5 Å². The molecule has 0 radical (unpaired) electrons. The quantitative estimate of drug-likeness (QED) is 0.377. The van der Waals surface area contributed by atoms with E-state index in [1.165, 1.54) is 15.8 Å². The topological polar surface area (TPSA) is 97.4 Å². The fourth-order valence-corrected chi connectivity index (χ4v) is 3.93. The Bertz CT molecular complexity index is 1560. The standard InChI is InChI=1S/C28H22N4O4/c33-25(29-20-10-3-1-4-11-20)19-31(18-22-14-9-17-36-22)28(35)26-23-15-7-8-16-24(23)27(34)32(30-26)21-12-5-2-6-13-21/h1-17H,18-19H2,(H,29,33). The van der Waals surface area contributed by atoms with Crippen molar-refractivity contribution in [2.75, 3.05) is 11.9 Å². The minimum absolute atomic E-state index is 0.0501. The lowest BCUT2D eigenvalue weighted by Crippen LogP contribution is -2.39. The number of carbonyl (C=O) groups is 2. The van der Waals surface area contributed by atoms with Gasteiger partial charge < -0.3 is 14.6 Å². The first kappa shape index (κ1) is 22.8. The van der Waals surface area contributed by atoms with Crippen LogP contribution in [-0.4, -0.2) is 33.0 Å². The molecule has 0 aliphatic rings. The maximum absolute atomic E-state index is 13.9. The summed E-state index contributed by atoms with van der Waals surface area (Å²) in [6, 6.07) is 28.2. The van der Waals surface area contributed by atoms with E-state index in [2.05, 4.69) is 10.4 Å². The number of hydrogen-bond donors (Lipinski definition) is 1. The maximum Gasteiger partial charge on any atom is 0.279 e. The van der Waals surface area contributed by atoms with Gasteiger partial charge in [-0.1, -0.05) is 54.6 Å². The maximum atomic E-state index is 13.9. The van der Waals surface area contributed by atoms with Crippen LogP contribution in [0.4, 0.5) is 5.69 Å². The van der Waals surface area contributed by atoms with E-state index in [1.807, 2.05) is 24.3 Å². The minimum Gasteiger partial charge on any atom is -0.467 e. The van der Waals surface area contributed by atoms with Gasteiger partial charge in [0, 0.05) is 11.1 Å². The molecule has 8 nitrogen and oxygen atoms in total. The van der Waals surface area contributed by atoms with Crippen molar-refractivity contribution in [2.45, 2.75) is 6.54 Å². The normalized spacial score (nSPS) is 10.8. The first-order valence-corrected chi connectivity index (χ1v) is 11.3. The predicted octanol–water partition coefficient (Wildman–Crippen LogP) is 4.26. The molecule has 178 valence electrons. The number of furan rings is 1. The molecule has 3 aromatic carbocycles. The number of anilines is 1. The summed E-state index contributed by atoms with van der Waals surface area (Å²) < 4.78 is 6.66. The molecule has 1 N–H and O–H groups in total. The van der Waals surface area contributed by atoms with Gasteiger partial charge in [-0.25, -0.2) is 0 Å². The van der Waals surface area contributed by atoms with Crippen molar-refractivity contribution in [3.05, 3.63) is 125 Å².